The molecule has 1 aromatic rings. The first kappa shape index (κ1) is 9.72. The van der Waals surface area contributed by atoms with E-state index in [9.17, 15) is 0 Å². The first-order chi connectivity index (χ1) is 6.77. The molecular weight excluding hydrogens is 170 g/mol. The van der Waals surface area contributed by atoms with Gasteiger partial charge in [0.2, 0.25) is 0 Å². The van der Waals surface area contributed by atoms with Gasteiger partial charge in [0.1, 0.15) is 0 Å². The van der Waals surface area contributed by atoms with E-state index in [0.29, 0.717) is 12.0 Å². The Bertz CT molecular complexity index is 304. The van der Waals surface area contributed by atoms with Gasteiger partial charge in [0.05, 0.1) is 0 Å². The van der Waals surface area contributed by atoms with E-state index in [4.69, 9.17) is 5.73 Å². The SMILES string of the molecule is CC(N)CC1CCCc2ccccc21. The molecule has 0 spiro atoms. The molecule has 0 fully saturated rings. The largest absolute Gasteiger partial charge is 0.328 e. The van der Waals surface area contributed by atoms with Crippen LogP contribution in [0.1, 0.15) is 43.2 Å². The van der Waals surface area contributed by atoms with Crippen molar-refractivity contribution in [2.24, 2.45) is 5.73 Å². The van der Waals surface area contributed by atoms with Crippen molar-refractivity contribution in [2.45, 2.75) is 44.6 Å². The number of nitrogens with two attached hydrogens (primary N) is 1. The second kappa shape index (κ2) is 4.14. The van der Waals surface area contributed by atoms with E-state index >= 15 is 0 Å². The van der Waals surface area contributed by atoms with E-state index in [0.717, 1.165) is 6.42 Å². The average Bonchev–Trinajstić information content (AvgIpc) is 2.18. The Morgan fingerprint density at radius 2 is 2.21 bits per heavy atom. The summed E-state index contributed by atoms with van der Waals surface area (Å²) in [6.45, 7) is 2.11. The van der Waals surface area contributed by atoms with Gasteiger partial charge in [-0.2, -0.15) is 0 Å². The third-order valence-corrected chi connectivity index (χ3v) is 3.15. The maximum Gasteiger partial charge on any atom is 0.00163 e. The van der Waals surface area contributed by atoms with E-state index in [2.05, 4.69) is 31.2 Å². The zero-order chi connectivity index (χ0) is 9.97. The molecule has 14 heavy (non-hydrogen) atoms. The Kier molecular flexibility index (Phi) is 2.87. The highest BCUT2D eigenvalue weighted by atomic mass is 14.6. The highest BCUT2D eigenvalue weighted by Crippen LogP contribution is 2.34. The highest BCUT2D eigenvalue weighted by molar-refractivity contribution is 5.32. The number of aryl methyl sites for hydroxylation is 1. The van der Waals surface area contributed by atoms with Crippen molar-refractivity contribution >= 4 is 0 Å². The molecule has 2 atom stereocenters. The Labute approximate surface area is 86.3 Å². The van der Waals surface area contributed by atoms with Crippen molar-refractivity contribution in [3.05, 3.63) is 35.4 Å². The summed E-state index contributed by atoms with van der Waals surface area (Å²) in [5, 5.41) is 0. The Balaban J connectivity index is 2.22. The van der Waals surface area contributed by atoms with Crippen LogP contribution < -0.4 is 5.73 Å². The van der Waals surface area contributed by atoms with Crippen LogP contribution in [-0.2, 0) is 6.42 Å². The van der Waals surface area contributed by atoms with Crippen molar-refractivity contribution in [1.29, 1.82) is 0 Å². The fourth-order valence-corrected chi connectivity index (χ4v) is 2.55. The minimum Gasteiger partial charge on any atom is -0.328 e. The molecule has 0 amide bonds. The zero-order valence-electron chi connectivity index (χ0n) is 8.87. The smallest absolute Gasteiger partial charge is 0.00163 e. The Morgan fingerprint density at radius 3 is 3.00 bits per heavy atom. The van der Waals surface area contributed by atoms with Crippen LogP contribution in [0.4, 0.5) is 0 Å². The molecule has 1 heteroatoms. The van der Waals surface area contributed by atoms with Crippen molar-refractivity contribution in [3.8, 4) is 0 Å². The van der Waals surface area contributed by atoms with Crippen molar-refractivity contribution in [3.63, 3.8) is 0 Å². The normalized spacial score (nSPS) is 22.9. The predicted molar refractivity (Wildman–Crippen MR) is 60.4 cm³/mol. The molecule has 2 N–H and O–H groups in total. The lowest BCUT2D eigenvalue weighted by Crippen LogP contribution is -2.21. The second-order valence-corrected chi connectivity index (χ2v) is 4.50. The van der Waals surface area contributed by atoms with E-state index in [1.54, 1.807) is 11.1 Å². The number of hydrogen-bond donors (Lipinski definition) is 1. The van der Waals surface area contributed by atoms with E-state index in [1.807, 2.05) is 0 Å². The summed E-state index contributed by atoms with van der Waals surface area (Å²) in [5.74, 6) is 0.708. The molecule has 0 aromatic heterocycles. The number of benzene rings is 1. The molecule has 1 nitrogen and oxygen atoms in total. The fraction of sp³-hybridized carbons (Fsp3) is 0.538. The summed E-state index contributed by atoms with van der Waals surface area (Å²) in [4.78, 5) is 0. The monoisotopic (exact) mass is 189 g/mol. The van der Waals surface area contributed by atoms with E-state index in [-0.39, 0.29) is 0 Å². The quantitative estimate of drug-likeness (QED) is 0.760. The molecule has 0 saturated heterocycles. The number of hydrogen-bond acceptors (Lipinski definition) is 1. The van der Waals surface area contributed by atoms with Crippen LogP contribution in [0.25, 0.3) is 0 Å². The van der Waals surface area contributed by atoms with Crippen LogP contribution in [0.2, 0.25) is 0 Å². The van der Waals surface area contributed by atoms with Crippen LogP contribution in [-0.4, -0.2) is 6.04 Å². The lowest BCUT2D eigenvalue weighted by molar-refractivity contribution is 0.483. The molecule has 0 radical (unpaired) electrons. The maximum atomic E-state index is 5.88. The van der Waals surface area contributed by atoms with Crippen LogP contribution >= 0.6 is 0 Å². The maximum absolute atomic E-state index is 5.88. The number of rotatable bonds is 2. The van der Waals surface area contributed by atoms with Crippen LogP contribution in [0.5, 0.6) is 0 Å². The van der Waals surface area contributed by atoms with E-state index in [1.165, 1.54) is 19.3 Å². The summed E-state index contributed by atoms with van der Waals surface area (Å²) in [6.07, 6.45) is 5.04. The van der Waals surface area contributed by atoms with Crippen molar-refractivity contribution < 1.29 is 0 Å². The van der Waals surface area contributed by atoms with Crippen LogP contribution in [0, 0.1) is 0 Å². The van der Waals surface area contributed by atoms with Gasteiger partial charge in [0.25, 0.3) is 0 Å². The summed E-state index contributed by atoms with van der Waals surface area (Å²) in [7, 11) is 0. The molecule has 2 unspecified atom stereocenters. The van der Waals surface area contributed by atoms with Gasteiger partial charge in [-0.05, 0) is 49.7 Å². The molecule has 0 bridgehead atoms. The second-order valence-electron chi connectivity index (χ2n) is 4.50. The van der Waals surface area contributed by atoms with E-state index < -0.39 is 0 Å². The average molecular weight is 189 g/mol. The summed E-state index contributed by atoms with van der Waals surface area (Å²) in [5.41, 5.74) is 8.98. The third-order valence-electron chi connectivity index (χ3n) is 3.15. The van der Waals surface area contributed by atoms with Gasteiger partial charge in [-0.25, -0.2) is 0 Å². The van der Waals surface area contributed by atoms with Crippen LogP contribution in [0.15, 0.2) is 24.3 Å². The highest BCUT2D eigenvalue weighted by Gasteiger charge is 2.20. The zero-order valence-corrected chi connectivity index (χ0v) is 8.87. The molecule has 0 aliphatic heterocycles. The van der Waals surface area contributed by atoms with Crippen molar-refractivity contribution in [1.82, 2.24) is 0 Å². The number of fused-ring (bicyclic) bond motifs is 1. The topological polar surface area (TPSA) is 26.0 Å². The molecule has 0 saturated carbocycles. The standard InChI is InChI=1S/C13H19N/c1-10(14)9-12-7-4-6-11-5-2-3-8-13(11)12/h2-3,5,8,10,12H,4,6-7,9,14H2,1H3. The van der Waals surface area contributed by atoms with Gasteiger partial charge in [-0.3, -0.25) is 0 Å². The Hall–Kier alpha value is -0.820. The summed E-state index contributed by atoms with van der Waals surface area (Å²) in [6, 6.07) is 9.17. The van der Waals surface area contributed by atoms with Gasteiger partial charge < -0.3 is 5.73 Å². The molecule has 1 aliphatic rings. The van der Waals surface area contributed by atoms with Gasteiger partial charge >= 0.3 is 0 Å². The molecule has 1 aromatic carbocycles. The molecule has 0 heterocycles. The summed E-state index contributed by atoms with van der Waals surface area (Å²) < 4.78 is 0. The molecule has 76 valence electrons. The fourth-order valence-electron chi connectivity index (χ4n) is 2.55. The first-order valence-corrected chi connectivity index (χ1v) is 5.61. The summed E-state index contributed by atoms with van der Waals surface area (Å²) >= 11 is 0. The van der Waals surface area contributed by atoms with Gasteiger partial charge in [0.15, 0.2) is 0 Å². The van der Waals surface area contributed by atoms with Crippen molar-refractivity contribution in [2.75, 3.05) is 0 Å². The van der Waals surface area contributed by atoms with Gasteiger partial charge in [0, 0.05) is 6.04 Å². The minimum absolute atomic E-state index is 0.325. The minimum atomic E-state index is 0.325. The molecule has 1 aliphatic carbocycles. The van der Waals surface area contributed by atoms with Gasteiger partial charge in [-0.1, -0.05) is 24.3 Å². The first-order valence-electron chi connectivity index (χ1n) is 5.61. The third kappa shape index (κ3) is 1.98. The molecular formula is C13H19N. The van der Waals surface area contributed by atoms with Crippen LogP contribution in [0.3, 0.4) is 0 Å². The Morgan fingerprint density at radius 1 is 1.43 bits per heavy atom. The van der Waals surface area contributed by atoms with Gasteiger partial charge in [-0.15, -0.1) is 0 Å². The lowest BCUT2D eigenvalue weighted by atomic mass is 9.80. The molecule has 2 rings (SSSR count). The predicted octanol–water partition coefficient (Wildman–Crippen LogP) is 2.84. The lowest BCUT2D eigenvalue weighted by Gasteiger charge is -2.26.